The van der Waals surface area contributed by atoms with Crippen molar-refractivity contribution in [2.45, 2.75) is 9.79 Å². The Balaban J connectivity index is 0.00000397. The smallest absolute Gasteiger partial charge is 0.744 e. The van der Waals surface area contributed by atoms with Crippen molar-refractivity contribution in [3.05, 3.63) is 95.0 Å². The van der Waals surface area contributed by atoms with Crippen molar-refractivity contribution in [3.63, 3.8) is 0 Å². The molecule has 0 saturated carbocycles. The summed E-state index contributed by atoms with van der Waals surface area (Å²) in [6.07, 6.45) is 0. The number of aromatic hydroxyl groups is 1. The Morgan fingerprint density at radius 1 is 0.483 bits per heavy atom. The zero-order valence-corrected chi connectivity index (χ0v) is 38.2. The number of nitrogens with zero attached hydrogens (tertiary/aromatic N) is 8. The van der Waals surface area contributed by atoms with E-state index < -0.39 is 63.6 Å². The Labute approximate surface area is 394 Å². The molecule has 6 aromatic carbocycles. The maximum atomic E-state index is 12.4. The molecule has 0 heterocycles. The second-order valence-corrected chi connectivity index (χ2v) is 15.4. The average molecular weight is 909 g/mol. The number of phenolic OH excluding ortho intramolecular Hbond substituents is 1. The first kappa shape index (κ1) is 47.9. The summed E-state index contributed by atoms with van der Waals surface area (Å²) in [4.78, 5) is -2.14. The van der Waals surface area contributed by atoms with E-state index in [-0.39, 0.29) is 115 Å². The standard InChI is InChI=1S/C34H27Cl2N13O7S2.2Na/c35-20-11-26(24(39)13-22(20)37)46-42-16-1-5-18(6-2-16)44-48-32-28(57(51,52)53)9-15-10-29(58(54,55)56)33(34(50)30(15)31(32)41)49-45-19-7-3-17(4-8-19)43-47-27-12-21(36)23(38)14-25(27)40;;/h1-14,50H,37-41H2,(H,51,52,53)(H,54,55,56);;/q;2*+1/p-2. The van der Waals surface area contributed by atoms with Crippen molar-refractivity contribution in [1.29, 1.82) is 0 Å². The number of rotatable bonds is 10. The summed E-state index contributed by atoms with van der Waals surface area (Å²) >= 11 is 12.1. The van der Waals surface area contributed by atoms with E-state index in [0.717, 1.165) is 0 Å². The molecular weight excluding hydrogens is 883 g/mol. The summed E-state index contributed by atoms with van der Waals surface area (Å²) in [6.45, 7) is 0. The molecule has 6 aromatic rings. The SMILES string of the molecule is Nc1cc(N)c(N=Nc2ccc(N=Nc3c(S(=O)(=O)[O-])cc4cc(S(=O)(=O)[O-])c(N=Nc5ccc(N=Nc6cc(Cl)c(N)cc6N)cc5)c(O)c4c3N)cc2)cc1Cl.[Na+].[Na+]. The third kappa shape index (κ3) is 10.9. The third-order valence-corrected chi connectivity index (χ3v) is 10.3. The van der Waals surface area contributed by atoms with Crippen LogP contribution >= 0.6 is 23.2 Å². The van der Waals surface area contributed by atoms with E-state index in [1.807, 2.05) is 0 Å². The quantitative estimate of drug-likeness (QED) is 0.0499. The van der Waals surface area contributed by atoms with Gasteiger partial charge >= 0.3 is 59.1 Å². The van der Waals surface area contributed by atoms with Crippen LogP contribution < -0.4 is 87.8 Å². The van der Waals surface area contributed by atoms with Gasteiger partial charge in [0.25, 0.3) is 0 Å². The number of nitrogens with two attached hydrogens (primary N) is 5. The number of fused-ring (bicyclic) bond motifs is 1. The van der Waals surface area contributed by atoms with Gasteiger partial charge in [0.15, 0.2) is 5.75 Å². The molecule has 6 rings (SSSR count). The molecule has 20 nitrogen and oxygen atoms in total. The first-order valence-corrected chi connectivity index (χ1v) is 19.5. The van der Waals surface area contributed by atoms with Crippen LogP contribution in [0.5, 0.6) is 5.75 Å². The number of anilines is 5. The topological polar surface area (TPSA) is 364 Å². The molecule has 0 aliphatic rings. The molecule has 0 spiro atoms. The summed E-state index contributed by atoms with van der Waals surface area (Å²) in [5.41, 5.74) is 29.8. The van der Waals surface area contributed by atoms with Gasteiger partial charge in [0, 0.05) is 0 Å². The molecule has 60 heavy (non-hydrogen) atoms. The molecule has 0 amide bonds. The Morgan fingerprint density at radius 3 is 1.18 bits per heavy atom. The Hall–Kier alpha value is -4.82. The van der Waals surface area contributed by atoms with Gasteiger partial charge in [-0.05, 0) is 90.3 Å². The minimum atomic E-state index is -5.41. The molecular formula is C34H25Cl2N13Na2O7S2. The van der Waals surface area contributed by atoms with E-state index >= 15 is 0 Å². The number of hydrogen-bond acceptors (Lipinski definition) is 20. The van der Waals surface area contributed by atoms with Crippen LogP contribution in [-0.2, 0) is 20.2 Å². The number of phenols is 1. The predicted octanol–water partition coefficient (Wildman–Crippen LogP) is 3.24. The van der Waals surface area contributed by atoms with Gasteiger partial charge in [-0.25, -0.2) is 16.8 Å². The molecule has 0 saturated heterocycles. The third-order valence-electron chi connectivity index (χ3n) is 7.92. The van der Waals surface area contributed by atoms with Gasteiger partial charge in [-0.1, -0.05) is 23.2 Å². The largest absolute Gasteiger partial charge is 1.00 e. The summed E-state index contributed by atoms with van der Waals surface area (Å²) in [6, 6.07) is 18.6. The number of nitrogen functional groups attached to an aromatic ring is 5. The van der Waals surface area contributed by atoms with Crippen LogP contribution in [0, 0.1) is 0 Å². The van der Waals surface area contributed by atoms with E-state index in [0.29, 0.717) is 23.5 Å². The molecule has 0 aliphatic carbocycles. The van der Waals surface area contributed by atoms with Crippen LogP contribution in [0.4, 0.5) is 73.9 Å². The van der Waals surface area contributed by atoms with Gasteiger partial charge in [0.05, 0.1) is 76.4 Å². The minimum Gasteiger partial charge on any atom is -0.744 e. The summed E-state index contributed by atoms with van der Waals surface area (Å²) in [7, 11) is -10.8. The zero-order valence-electron chi connectivity index (χ0n) is 31.0. The number of hydrogen-bond donors (Lipinski definition) is 6. The van der Waals surface area contributed by atoms with E-state index in [1.54, 1.807) is 0 Å². The molecule has 0 atom stereocenters. The van der Waals surface area contributed by atoms with Crippen LogP contribution in [0.3, 0.4) is 0 Å². The van der Waals surface area contributed by atoms with Crippen LogP contribution in [0.25, 0.3) is 10.8 Å². The fourth-order valence-electron chi connectivity index (χ4n) is 5.07. The van der Waals surface area contributed by atoms with Crippen molar-refractivity contribution >= 4 is 128 Å². The van der Waals surface area contributed by atoms with Crippen LogP contribution in [0.2, 0.25) is 10.0 Å². The molecule has 296 valence electrons. The van der Waals surface area contributed by atoms with Gasteiger partial charge < -0.3 is 42.9 Å². The minimum absolute atomic E-state index is 0. The fourth-order valence-corrected chi connectivity index (χ4v) is 6.69. The zero-order chi connectivity index (χ0) is 42.1. The molecule has 0 aliphatic heterocycles. The Kier molecular flexibility index (Phi) is 15.4. The normalized spacial score (nSPS) is 12.1. The first-order valence-electron chi connectivity index (χ1n) is 15.9. The van der Waals surface area contributed by atoms with E-state index in [2.05, 4.69) is 40.9 Å². The van der Waals surface area contributed by atoms with E-state index in [1.165, 1.54) is 72.8 Å². The van der Waals surface area contributed by atoms with Gasteiger partial charge in [0.1, 0.15) is 43.0 Å². The van der Waals surface area contributed by atoms with E-state index in [9.17, 15) is 31.0 Å². The molecule has 0 bridgehead atoms. The monoisotopic (exact) mass is 907 g/mol. The number of halogens is 2. The fraction of sp³-hybridized carbons (Fsp3) is 0. The molecule has 26 heteroatoms. The van der Waals surface area contributed by atoms with Gasteiger partial charge in [-0.15, -0.1) is 20.5 Å². The average Bonchev–Trinajstić information content (AvgIpc) is 3.15. The maximum Gasteiger partial charge on any atom is 1.00 e. The summed E-state index contributed by atoms with van der Waals surface area (Å²) in [5.74, 6) is -0.998. The summed E-state index contributed by atoms with van der Waals surface area (Å²) in [5, 5.41) is 42.7. The predicted molar refractivity (Wildman–Crippen MR) is 216 cm³/mol. The van der Waals surface area contributed by atoms with Crippen molar-refractivity contribution in [3.8, 4) is 5.75 Å². The van der Waals surface area contributed by atoms with Crippen LogP contribution in [0.1, 0.15) is 0 Å². The van der Waals surface area contributed by atoms with Crippen molar-refractivity contribution in [2.24, 2.45) is 40.9 Å². The second-order valence-electron chi connectivity index (χ2n) is 11.9. The van der Waals surface area contributed by atoms with Gasteiger partial charge in [-0.2, -0.15) is 20.5 Å². The molecule has 0 radical (unpaired) electrons. The molecule has 0 aromatic heterocycles. The van der Waals surface area contributed by atoms with E-state index in [4.69, 9.17) is 51.9 Å². The van der Waals surface area contributed by atoms with Crippen molar-refractivity contribution < 1.29 is 90.2 Å². The Bertz CT molecular complexity index is 2800. The van der Waals surface area contributed by atoms with Crippen LogP contribution in [0.15, 0.2) is 136 Å². The first-order chi connectivity index (χ1) is 27.3. The van der Waals surface area contributed by atoms with Crippen LogP contribution in [-0.4, -0.2) is 31.0 Å². The molecule has 0 unspecified atom stereocenters. The maximum absolute atomic E-state index is 12.4. The van der Waals surface area contributed by atoms with Crippen molar-refractivity contribution in [1.82, 2.24) is 0 Å². The van der Waals surface area contributed by atoms with Crippen molar-refractivity contribution in [2.75, 3.05) is 28.7 Å². The Morgan fingerprint density at radius 2 is 0.817 bits per heavy atom. The molecule has 11 N–H and O–H groups in total. The summed E-state index contributed by atoms with van der Waals surface area (Å²) < 4.78 is 74.1. The number of azo groups is 4. The molecule has 0 fully saturated rings. The van der Waals surface area contributed by atoms with Gasteiger partial charge in [0.2, 0.25) is 0 Å². The number of benzene rings is 6. The second kappa shape index (κ2) is 19.3. The van der Waals surface area contributed by atoms with Gasteiger partial charge in [-0.3, -0.25) is 0 Å².